The van der Waals surface area contributed by atoms with E-state index in [1.54, 1.807) is 0 Å². The van der Waals surface area contributed by atoms with Gasteiger partial charge in [-0.1, -0.05) is 176 Å². The summed E-state index contributed by atoms with van der Waals surface area (Å²) >= 11 is 0. The van der Waals surface area contributed by atoms with Crippen molar-refractivity contribution in [3.63, 3.8) is 0 Å². The molecule has 12 aromatic rings. The molecular weight excluding hydrogens is 765 g/mol. The molecule has 0 fully saturated rings. The first-order valence-electron chi connectivity index (χ1n) is 21.5. The van der Waals surface area contributed by atoms with E-state index in [0.29, 0.717) is 0 Å². The molecule has 0 N–H and O–H groups in total. The second-order valence-electron chi connectivity index (χ2n) is 16.1. The highest BCUT2D eigenvalue weighted by atomic mass is 16.3. The normalized spacial score (nSPS) is 11.5. The number of fused-ring (bicyclic) bond motifs is 6. The van der Waals surface area contributed by atoms with Crippen LogP contribution < -0.4 is 4.90 Å². The Balaban J connectivity index is 0.930. The van der Waals surface area contributed by atoms with Crippen LogP contribution in [0.1, 0.15) is 0 Å². The molecule has 3 heteroatoms. The number of anilines is 3. The van der Waals surface area contributed by atoms with Crippen LogP contribution in [0, 0.1) is 0 Å². The largest absolute Gasteiger partial charge is 0.455 e. The number of para-hydroxylation sites is 4. The van der Waals surface area contributed by atoms with Crippen molar-refractivity contribution in [3.8, 4) is 50.2 Å². The van der Waals surface area contributed by atoms with Gasteiger partial charge in [0.15, 0.2) is 0 Å². The summed E-state index contributed by atoms with van der Waals surface area (Å²) in [7, 11) is 0. The first kappa shape index (κ1) is 36.5. The third-order valence-corrected chi connectivity index (χ3v) is 12.4. The van der Waals surface area contributed by atoms with E-state index in [-0.39, 0.29) is 0 Å². The number of furan rings is 1. The number of benzene rings is 10. The van der Waals surface area contributed by atoms with Crippen LogP contribution in [0.5, 0.6) is 0 Å². The molecule has 2 heterocycles. The van der Waals surface area contributed by atoms with Crippen LogP contribution in [0.2, 0.25) is 0 Å². The molecule has 0 aliphatic heterocycles. The predicted octanol–water partition coefficient (Wildman–Crippen LogP) is 16.8. The molecule has 0 saturated heterocycles. The second kappa shape index (κ2) is 15.3. The molecule has 0 unspecified atom stereocenters. The van der Waals surface area contributed by atoms with E-state index in [9.17, 15) is 0 Å². The Kier molecular flexibility index (Phi) is 8.83. The summed E-state index contributed by atoms with van der Waals surface area (Å²) in [6, 6.07) is 87.1. The summed E-state index contributed by atoms with van der Waals surface area (Å²) in [5.74, 6) is 0. The Labute approximate surface area is 366 Å². The molecule has 0 saturated carbocycles. The molecule has 0 aliphatic rings. The molecule has 10 aromatic carbocycles. The third kappa shape index (κ3) is 6.46. The Bertz CT molecular complexity index is 3550. The van der Waals surface area contributed by atoms with Gasteiger partial charge in [-0.3, -0.25) is 0 Å². The molecule has 296 valence electrons. The second-order valence-corrected chi connectivity index (χ2v) is 16.1. The minimum atomic E-state index is 0.902. The molecule has 3 nitrogen and oxygen atoms in total. The lowest BCUT2D eigenvalue weighted by Gasteiger charge is -2.26. The summed E-state index contributed by atoms with van der Waals surface area (Å²) in [6.07, 6.45) is 0. The Morgan fingerprint density at radius 3 is 1.46 bits per heavy atom. The van der Waals surface area contributed by atoms with Gasteiger partial charge < -0.3 is 13.9 Å². The molecule has 12 rings (SSSR count). The number of hydrogen-bond acceptors (Lipinski definition) is 2. The number of hydrogen-bond donors (Lipinski definition) is 0. The van der Waals surface area contributed by atoms with Crippen molar-refractivity contribution in [3.05, 3.63) is 243 Å². The van der Waals surface area contributed by atoms with Crippen molar-refractivity contribution in [1.82, 2.24) is 4.57 Å². The molecule has 0 aliphatic carbocycles. The van der Waals surface area contributed by atoms with Gasteiger partial charge in [0.05, 0.1) is 11.0 Å². The van der Waals surface area contributed by atoms with Gasteiger partial charge in [0, 0.05) is 49.9 Å². The predicted molar refractivity (Wildman–Crippen MR) is 264 cm³/mol. The Morgan fingerprint density at radius 1 is 0.302 bits per heavy atom. The van der Waals surface area contributed by atoms with Gasteiger partial charge in [-0.25, -0.2) is 0 Å². The smallest absolute Gasteiger partial charge is 0.143 e. The fraction of sp³-hybridized carbons (Fsp3) is 0. The molecule has 0 atom stereocenters. The standard InChI is InChI=1S/C60H40N2O/c1-2-13-41(14-3-1)42-27-29-43(30-28-42)46-15-10-17-50(39-46)61(49-37-33-45(34-38-49)52-22-12-23-56-55-21-6-9-26-59(55)63-60(52)56)48-35-31-44(32-36-48)47-16-11-18-51(40-47)62-57-24-7-4-19-53(57)54-20-5-8-25-58(54)62/h1-40H. The van der Waals surface area contributed by atoms with E-state index in [4.69, 9.17) is 4.42 Å². The molecule has 0 bridgehead atoms. The van der Waals surface area contributed by atoms with E-state index in [1.165, 1.54) is 38.5 Å². The maximum atomic E-state index is 6.44. The van der Waals surface area contributed by atoms with E-state index in [0.717, 1.165) is 72.5 Å². The third-order valence-electron chi connectivity index (χ3n) is 12.4. The highest BCUT2D eigenvalue weighted by molar-refractivity contribution is 6.10. The average Bonchev–Trinajstić information content (AvgIpc) is 3.91. The monoisotopic (exact) mass is 804 g/mol. The lowest BCUT2D eigenvalue weighted by Crippen LogP contribution is -2.10. The van der Waals surface area contributed by atoms with Crippen LogP contribution in [-0.2, 0) is 0 Å². The molecule has 2 aromatic heterocycles. The Hall–Kier alpha value is -8.40. The van der Waals surface area contributed by atoms with Crippen LogP contribution in [0.4, 0.5) is 17.1 Å². The van der Waals surface area contributed by atoms with Crippen LogP contribution in [-0.4, -0.2) is 4.57 Å². The summed E-state index contributed by atoms with van der Waals surface area (Å²) in [4.78, 5) is 2.35. The van der Waals surface area contributed by atoms with Gasteiger partial charge in [-0.15, -0.1) is 0 Å². The van der Waals surface area contributed by atoms with Crippen LogP contribution in [0.25, 0.3) is 93.9 Å². The fourth-order valence-corrected chi connectivity index (χ4v) is 9.35. The SMILES string of the molecule is c1ccc(-c2ccc(-c3cccc(N(c4ccc(-c5cccc(-n6c7ccccc7c7ccccc76)c5)cc4)c4ccc(-c5cccc6c5oc5ccccc56)cc4)c3)cc2)cc1. The van der Waals surface area contributed by atoms with Crippen LogP contribution >= 0.6 is 0 Å². The molecule has 0 amide bonds. The number of rotatable bonds is 8. The van der Waals surface area contributed by atoms with E-state index >= 15 is 0 Å². The van der Waals surface area contributed by atoms with Crippen molar-refractivity contribution in [2.45, 2.75) is 0 Å². The van der Waals surface area contributed by atoms with Gasteiger partial charge in [-0.05, 0) is 106 Å². The summed E-state index contributed by atoms with van der Waals surface area (Å²) in [6.45, 7) is 0. The van der Waals surface area contributed by atoms with E-state index < -0.39 is 0 Å². The summed E-state index contributed by atoms with van der Waals surface area (Å²) < 4.78 is 8.82. The van der Waals surface area contributed by atoms with Crippen molar-refractivity contribution in [2.24, 2.45) is 0 Å². The number of aromatic nitrogens is 1. The summed E-state index contributed by atoms with van der Waals surface area (Å²) in [5.41, 5.74) is 17.8. The molecular formula is C60H40N2O. The maximum Gasteiger partial charge on any atom is 0.143 e. The highest BCUT2D eigenvalue weighted by Gasteiger charge is 2.17. The molecule has 63 heavy (non-hydrogen) atoms. The van der Waals surface area contributed by atoms with Gasteiger partial charge in [-0.2, -0.15) is 0 Å². The van der Waals surface area contributed by atoms with E-state index in [1.807, 2.05) is 12.1 Å². The van der Waals surface area contributed by atoms with Gasteiger partial charge in [0.2, 0.25) is 0 Å². The fourth-order valence-electron chi connectivity index (χ4n) is 9.35. The van der Waals surface area contributed by atoms with Gasteiger partial charge >= 0.3 is 0 Å². The first-order valence-corrected chi connectivity index (χ1v) is 21.5. The maximum absolute atomic E-state index is 6.44. The molecule has 0 spiro atoms. The van der Waals surface area contributed by atoms with Crippen molar-refractivity contribution >= 4 is 60.8 Å². The zero-order valence-corrected chi connectivity index (χ0v) is 34.4. The van der Waals surface area contributed by atoms with Gasteiger partial charge in [0.1, 0.15) is 11.2 Å². The highest BCUT2D eigenvalue weighted by Crippen LogP contribution is 2.41. The minimum Gasteiger partial charge on any atom is -0.455 e. The average molecular weight is 805 g/mol. The topological polar surface area (TPSA) is 21.3 Å². The van der Waals surface area contributed by atoms with E-state index in [2.05, 4.69) is 240 Å². The van der Waals surface area contributed by atoms with Crippen molar-refractivity contribution in [2.75, 3.05) is 4.90 Å². The quantitative estimate of drug-likeness (QED) is 0.153. The zero-order valence-electron chi connectivity index (χ0n) is 34.4. The Morgan fingerprint density at radius 2 is 0.778 bits per heavy atom. The van der Waals surface area contributed by atoms with Crippen LogP contribution in [0.3, 0.4) is 0 Å². The van der Waals surface area contributed by atoms with Crippen molar-refractivity contribution < 1.29 is 4.42 Å². The minimum absolute atomic E-state index is 0.902. The molecule has 0 radical (unpaired) electrons. The van der Waals surface area contributed by atoms with Crippen molar-refractivity contribution in [1.29, 1.82) is 0 Å². The lowest BCUT2D eigenvalue weighted by molar-refractivity contribution is 0.670. The van der Waals surface area contributed by atoms with Crippen LogP contribution in [0.15, 0.2) is 247 Å². The van der Waals surface area contributed by atoms with Gasteiger partial charge in [0.25, 0.3) is 0 Å². The first-order chi connectivity index (χ1) is 31.2. The zero-order chi connectivity index (χ0) is 41.7. The lowest BCUT2D eigenvalue weighted by atomic mass is 9.99. The number of nitrogens with zero attached hydrogens (tertiary/aromatic N) is 2. The summed E-state index contributed by atoms with van der Waals surface area (Å²) in [5, 5.41) is 4.78.